The lowest BCUT2D eigenvalue weighted by Crippen LogP contribution is -2.40. The van der Waals surface area contributed by atoms with Crippen molar-refractivity contribution >= 4 is 17.5 Å². The van der Waals surface area contributed by atoms with Crippen LogP contribution in [0.5, 0.6) is 0 Å². The van der Waals surface area contributed by atoms with Crippen molar-refractivity contribution in [3.8, 4) is 0 Å². The molecule has 1 N–H and O–H groups in total. The zero-order chi connectivity index (χ0) is 15.7. The van der Waals surface area contributed by atoms with Gasteiger partial charge in [-0.3, -0.25) is 9.59 Å². The molecule has 0 radical (unpaired) electrons. The van der Waals surface area contributed by atoms with Crippen molar-refractivity contribution in [2.75, 3.05) is 31.7 Å². The Kier molecular flexibility index (Phi) is 7.46. The van der Waals surface area contributed by atoms with E-state index in [1.54, 1.807) is 7.11 Å². The number of hydrogen-bond donors (Lipinski definition) is 1. The molecule has 1 aromatic rings. The van der Waals surface area contributed by atoms with E-state index < -0.39 is 0 Å². The van der Waals surface area contributed by atoms with Gasteiger partial charge in [-0.05, 0) is 24.5 Å². The molecule has 0 aliphatic rings. The van der Waals surface area contributed by atoms with E-state index in [0.29, 0.717) is 13.2 Å². The molecule has 2 amide bonds. The molecule has 0 aliphatic heterocycles. The number of rotatable bonds is 8. The lowest BCUT2D eigenvalue weighted by Gasteiger charge is -2.23. The second kappa shape index (κ2) is 9.13. The Morgan fingerprint density at radius 3 is 2.62 bits per heavy atom. The van der Waals surface area contributed by atoms with Crippen molar-refractivity contribution < 1.29 is 14.3 Å². The Morgan fingerprint density at radius 2 is 2.00 bits per heavy atom. The Bertz CT molecular complexity index is 474. The van der Waals surface area contributed by atoms with Crippen molar-refractivity contribution in [1.82, 2.24) is 5.32 Å². The molecule has 21 heavy (non-hydrogen) atoms. The molecule has 0 saturated heterocycles. The monoisotopic (exact) mass is 292 g/mol. The largest absolute Gasteiger partial charge is 0.385 e. The first kappa shape index (κ1) is 17.2. The minimum atomic E-state index is -0.160. The molecule has 5 nitrogen and oxygen atoms in total. The number of benzene rings is 1. The number of carbonyl (C=O) groups is 2. The van der Waals surface area contributed by atoms with Crippen LogP contribution in [0.25, 0.3) is 0 Å². The van der Waals surface area contributed by atoms with E-state index in [1.165, 1.54) is 11.8 Å². The number of carbonyl (C=O) groups excluding carboxylic acids is 2. The molecule has 0 aliphatic carbocycles. The highest BCUT2D eigenvalue weighted by Gasteiger charge is 2.17. The van der Waals surface area contributed by atoms with E-state index in [-0.39, 0.29) is 18.4 Å². The van der Waals surface area contributed by atoms with Gasteiger partial charge in [-0.15, -0.1) is 0 Å². The minimum absolute atomic E-state index is 0.0410. The molecule has 116 valence electrons. The van der Waals surface area contributed by atoms with Crippen LogP contribution in [0.1, 0.15) is 25.8 Å². The molecule has 0 spiro atoms. The lowest BCUT2D eigenvalue weighted by atomic mass is 10.1. The van der Waals surface area contributed by atoms with E-state index in [4.69, 9.17) is 4.74 Å². The van der Waals surface area contributed by atoms with E-state index in [1.807, 2.05) is 31.2 Å². The van der Waals surface area contributed by atoms with Crippen LogP contribution >= 0.6 is 0 Å². The number of amides is 2. The zero-order valence-corrected chi connectivity index (χ0v) is 13.0. The SMILES string of the molecule is CCc1ccccc1N(CC(=O)NCCCOC)C(C)=O. The highest BCUT2D eigenvalue weighted by Crippen LogP contribution is 2.20. The number of nitrogens with one attached hydrogen (secondary N) is 1. The first-order chi connectivity index (χ1) is 10.1. The fraction of sp³-hybridized carbons (Fsp3) is 0.500. The van der Waals surface area contributed by atoms with Gasteiger partial charge in [0.05, 0.1) is 0 Å². The highest BCUT2D eigenvalue weighted by molar-refractivity contribution is 5.98. The molecular weight excluding hydrogens is 268 g/mol. The van der Waals surface area contributed by atoms with Crippen molar-refractivity contribution in [1.29, 1.82) is 0 Å². The van der Waals surface area contributed by atoms with Crippen molar-refractivity contribution in [2.24, 2.45) is 0 Å². The fourth-order valence-corrected chi connectivity index (χ4v) is 2.08. The summed E-state index contributed by atoms with van der Waals surface area (Å²) in [6.45, 7) is 4.70. The summed E-state index contributed by atoms with van der Waals surface area (Å²) < 4.78 is 4.93. The minimum Gasteiger partial charge on any atom is -0.385 e. The number of nitrogens with zero attached hydrogens (tertiary/aromatic N) is 1. The summed E-state index contributed by atoms with van der Waals surface area (Å²) in [6, 6.07) is 7.66. The molecule has 0 saturated carbocycles. The third-order valence-electron chi connectivity index (χ3n) is 3.19. The predicted molar refractivity (Wildman–Crippen MR) is 83.3 cm³/mol. The van der Waals surface area contributed by atoms with E-state index in [0.717, 1.165) is 24.1 Å². The Labute approximate surface area is 126 Å². The molecule has 0 atom stereocenters. The summed E-state index contributed by atoms with van der Waals surface area (Å²) in [7, 11) is 1.63. The maximum atomic E-state index is 11.9. The van der Waals surface area contributed by atoms with Gasteiger partial charge in [-0.1, -0.05) is 25.1 Å². The maximum Gasteiger partial charge on any atom is 0.240 e. The quantitative estimate of drug-likeness (QED) is 0.743. The topological polar surface area (TPSA) is 58.6 Å². The summed E-state index contributed by atoms with van der Waals surface area (Å²) in [5, 5.41) is 2.80. The number of methoxy groups -OCH3 is 1. The average Bonchev–Trinajstić information content (AvgIpc) is 2.49. The third kappa shape index (κ3) is 5.55. The standard InChI is InChI=1S/C16H24N2O3/c1-4-14-8-5-6-9-15(14)18(13(2)19)12-16(20)17-10-7-11-21-3/h5-6,8-9H,4,7,10-12H2,1-3H3,(H,17,20). The summed E-state index contributed by atoms with van der Waals surface area (Å²) in [5.74, 6) is -0.296. The molecular formula is C16H24N2O3. The van der Waals surface area contributed by atoms with Gasteiger partial charge < -0.3 is 15.0 Å². The van der Waals surface area contributed by atoms with E-state index >= 15 is 0 Å². The summed E-state index contributed by atoms with van der Waals surface area (Å²) in [4.78, 5) is 25.3. The van der Waals surface area contributed by atoms with Crippen LogP contribution in [0.2, 0.25) is 0 Å². The van der Waals surface area contributed by atoms with Crippen molar-refractivity contribution in [3.63, 3.8) is 0 Å². The zero-order valence-electron chi connectivity index (χ0n) is 13.0. The van der Waals surface area contributed by atoms with Crippen LogP contribution < -0.4 is 10.2 Å². The van der Waals surface area contributed by atoms with Crippen LogP contribution in [0.4, 0.5) is 5.69 Å². The summed E-state index contributed by atoms with van der Waals surface area (Å²) in [5.41, 5.74) is 1.86. The lowest BCUT2D eigenvalue weighted by molar-refractivity contribution is -0.123. The number of anilines is 1. The second-order valence-electron chi connectivity index (χ2n) is 4.78. The first-order valence-corrected chi connectivity index (χ1v) is 7.21. The Morgan fingerprint density at radius 1 is 1.29 bits per heavy atom. The average molecular weight is 292 g/mol. The van der Waals surface area contributed by atoms with Gasteiger partial charge in [-0.2, -0.15) is 0 Å². The fourth-order valence-electron chi connectivity index (χ4n) is 2.08. The van der Waals surface area contributed by atoms with Crippen LogP contribution in [0.3, 0.4) is 0 Å². The van der Waals surface area contributed by atoms with Crippen molar-refractivity contribution in [2.45, 2.75) is 26.7 Å². The molecule has 0 fully saturated rings. The molecule has 0 heterocycles. The number of ether oxygens (including phenoxy) is 1. The maximum absolute atomic E-state index is 11.9. The van der Waals surface area contributed by atoms with Gasteiger partial charge in [0.25, 0.3) is 0 Å². The van der Waals surface area contributed by atoms with E-state index in [2.05, 4.69) is 5.32 Å². The van der Waals surface area contributed by atoms with Crippen LogP contribution in [-0.2, 0) is 20.7 Å². The Hall–Kier alpha value is -1.88. The van der Waals surface area contributed by atoms with Crippen LogP contribution in [0.15, 0.2) is 24.3 Å². The second-order valence-corrected chi connectivity index (χ2v) is 4.78. The predicted octanol–water partition coefficient (Wildman–Crippen LogP) is 1.75. The third-order valence-corrected chi connectivity index (χ3v) is 3.19. The molecule has 0 aromatic heterocycles. The molecule has 0 bridgehead atoms. The molecule has 0 unspecified atom stereocenters. The number of aryl methyl sites for hydroxylation is 1. The number of para-hydroxylation sites is 1. The highest BCUT2D eigenvalue weighted by atomic mass is 16.5. The van der Waals surface area contributed by atoms with Gasteiger partial charge in [0.2, 0.25) is 11.8 Å². The number of hydrogen-bond acceptors (Lipinski definition) is 3. The smallest absolute Gasteiger partial charge is 0.240 e. The van der Waals surface area contributed by atoms with E-state index in [9.17, 15) is 9.59 Å². The summed E-state index contributed by atoms with van der Waals surface area (Å²) >= 11 is 0. The molecule has 5 heteroatoms. The normalized spacial score (nSPS) is 10.2. The van der Waals surface area contributed by atoms with Gasteiger partial charge in [0.1, 0.15) is 6.54 Å². The van der Waals surface area contributed by atoms with Gasteiger partial charge in [0, 0.05) is 32.9 Å². The Balaban J connectivity index is 2.70. The molecule has 1 aromatic carbocycles. The van der Waals surface area contributed by atoms with Gasteiger partial charge >= 0.3 is 0 Å². The van der Waals surface area contributed by atoms with Crippen molar-refractivity contribution in [3.05, 3.63) is 29.8 Å². The summed E-state index contributed by atoms with van der Waals surface area (Å²) in [6.07, 6.45) is 1.57. The first-order valence-electron chi connectivity index (χ1n) is 7.21. The van der Waals surface area contributed by atoms with Gasteiger partial charge in [0.15, 0.2) is 0 Å². The van der Waals surface area contributed by atoms with Crippen LogP contribution in [-0.4, -0.2) is 38.6 Å². The molecule has 1 rings (SSSR count). The van der Waals surface area contributed by atoms with Crippen LogP contribution in [0, 0.1) is 0 Å². The van der Waals surface area contributed by atoms with Gasteiger partial charge in [-0.25, -0.2) is 0 Å².